The predicted molar refractivity (Wildman–Crippen MR) is 83.3 cm³/mol. The van der Waals surface area contributed by atoms with Gasteiger partial charge >= 0.3 is 6.03 Å². The average molecular weight is 304 g/mol. The SMILES string of the molecule is NC(=O)Nc1ccc(NC(=O)CN2CCCCCC2=O)cc1. The summed E-state index contributed by atoms with van der Waals surface area (Å²) in [4.78, 5) is 36.2. The summed E-state index contributed by atoms with van der Waals surface area (Å²) in [7, 11) is 0. The van der Waals surface area contributed by atoms with E-state index in [9.17, 15) is 14.4 Å². The molecule has 1 fully saturated rings. The molecule has 118 valence electrons. The van der Waals surface area contributed by atoms with E-state index in [1.807, 2.05) is 0 Å². The minimum atomic E-state index is -0.642. The van der Waals surface area contributed by atoms with E-state index in [1.165, 1.54) is 0 Å². The first kappa shape index (κ1) is 15.8. The fraction of sp³-hybridized carbons (Fsp3) is 0.400. The predicted octanol–water partition coefficient (Wildman–Crippen LogP) is 1.52. The van der Waals surface area contributed by atoms with E-state index in [0.29, 0.717) is 24.3 Å². The summed E-state index contributed by atoms with van der Waals surface area (Å²) in [6, 6.07) is 5.95. The quantitative estimate of drug-likeness (QED) is 0.785. The Morgan fingerprint density at radius 2 is 1.68 bits per heavy atom. The molecule has 0 radical (unpaired) electrons. The Balaban J connectivity index is 1.88. The van der Waals surface area contributed by atoms with Crippen molar-refractivity contribution in [2.75, 3.05) is 23.7 Å². The number of likely N-dealkylation sites (tertiary alicyclic amines) is 1. The fourth-order valence-electron chi connectivity index (χ4n) is 2.36. The van der Waals surface area contributed by atoms with Gasteiger partial charge in [0.2, 0.25) is 11.8 Å². The van der Waals surface area contributed by atoms with Crippen molar-refractivity contribution in [2.24, 2.45) is 5.73 Å². The zero-order chi connectivity index (χ0) is 15.9. The van der Waals surface area contributed by atoms with Gasteiger partial charge in [-0.25, -0.2) is 4.79 Å². The van der Waals surface area contributed by atoms with Crippen molar-refractivity contribution < 1.29 is 14.4 Å². The third-order valence-corrected chi connectivity index (χ3v) is 3.44. The lowest BCUT2D eigenvalue weighted by atomic mass is 10.2. The van der Waals surface area contributed by atoms with Gasteiger partial charge in [-0.05, 0) is 37.1 Å². The number of benzene rings is 1. The summed E-state index contributed by atoms with van der Waals surface area (Å²) >= 11 is 0. The number of urea groups is 1. The third kappa shape index (κ3) is 4.76. The Hall–Kier alpha value is -2.57. The Bertz CT molecular complexity index is 556. The van der Waals surface area contributed by atoms with Crippen LogP contribution in [0.5, 0.6) is 0 Å². The summed E-state index contributed by atoms with van der Waals surface area (Å²) in [6.45, 7) is 0.702. The first-order chi connectivity index (χ1) is 10.5. The van der Waals surface area contributed by atoms with Crippen LogP contribution in [0.4, 0.5) is 16.2 Å². The smallest absolute Gasteiger partial charge is 0.316 e. The maximum Gasteiger partial charge on any atom is 0.316 e. The van der Waals surface area contributed by atoms with E-state index in [0.717, 1.165) is 19.3 Å². The number of rotatable bonds is 4. The van der Waals surface area contributed by atoms with Crippen molar-refractivity contribution in [3.8, 4) is 0 Å². The molecule has 0 bridgehead atoms. The second-order valence-corrected chi connectivity index (χ2v) is 5.24. The Morgan fingerprint density at radius 1 is 1.05 bits per heavy atom. The highest BCUT2D eigenvalue weighted by Crippen LogP contribution is 2.14. The molecule has 0 unspecified atom stereocenters. The highest BCUT2D eigenvalue weighted by atomic mass is 16.2. The van der Waals surface area contributed by atoms with E-state index in [2.05, 4.69) is 10.6 Å². The van der Waals surface area contributed by atoms with Crippen molar-refractivity contribution in [1.82, 2.24) is 4.90 Å². The van der Waals surface area contributed by atoms with Gasteiger partial charge in [-0.2, -0.15) is 0 Å². The van der Waals surface area contributed by atoms with Crippen molar-refractivity contribution >= 4 is 29.2 Å². The molecule has 7 heteroatoms. The molecule has 22 heavy (non-hydrogen) atoms. The number of hydrogen-bond acceptors (Lipinski definition) is 3. The molecule has 0 saturated carbocycles. The van der Waals surface area contributed by atoms with Gasteiger partial charge in [0.25, 0.3) is 0 Å². The molecular weight excluding hydrogens is 284 g/mol. The van der Waals surface area contributed by atoms with Crippen LogP contribution in [0.3, 0.4) is 0 Å². The molecule has 0 spiro atoms. The number of anilines is 2. The monoisotopic (exact) mass is 304 g/mol. The van der Waals surface area contributed by atoms with Crippen LogP contribution in [0.15, 0.2) is 24.3 Å². The highest BCUT2D eigenvalue weighted by molar-refractivity contribution is 5.95. The summed E-state index contributed by atoms with van der Waals surface area (Å²) in [6.07, 6.45) is 3.37. The van der Waals surface area contributed by atoms with E-state index < -0.39 is 6.03 Å². The zero-order valence-electron chi connectivity index (χ0n) is 12.3. The topological polar surface area (TPSA) is 105 Å². The maximum absolute atomic E-state index is 12.0. The van der Waals surface area contributed by atoms with Crippen molar-refractivity contribution in [1.29, 1.82) is 0 Å². The molecule has 1 heterocycles. The largest absolute Gasteiger partial charge is 0.351 e. The molecule has 2 rings (SSSR count). The van der Waals surface area contributed by atoms with Crippen LogP contribution in [0, 0.1) is 0 Å². The molecule has 1 aliphatic rings. The minimum absolute atomic E-state index is 0.0358. The number of carbonyl (C=O) groups is 3. The van der Waals surface area contributed by atoms with Crippen LogP contribution in [-0.2, 0) is 9.59 Å². The third-order valence-electron chi connectivity index (χ3n) is 3.44. The van der Waals surface area contributed by atoms with Gasteiger partial charge in [0.1, 0.15) is 0 Å². The minimum Gasteiger partial charge on any atom is -0.351 e. The lowest BCUT2D eigenvalue weighted by Crippen LogP contribution is -2.37. The van der Waals surface area contributed by atoms with Gasteiger partial charge in [-0.15, -0.1) is 0 Å². The first-order valence-electron chi connectivity index (χ1n) is 7.29. The van der Waals surface area contributed by atoms with E-state index in [-0.39, 0.29) is 18.4 Å². The number of nitrogens with two attached hydrogens (primary N) is 1. The van der Waals surface area contributed by atoms with E-state index in [4.69, 9.17) is 5.73 Å². The van der Waals surface area contributed by atoms with Gasteiger partial charge in [-0.1, -0.05) is 6.42 Å². The second-order valence-electron chi connectivity index (χ2n) is 5.24. The number of amides is 4. The van der Waals surface area contributed by atoms with Crippen LogP contribution in [0.2, 0.25) is 0 Å². The summed E-state index contributed by atoms with van der Waals surface area (Å²) in [5.74, 6) is -0.195. The van der Waals surface area contributed by atoms with Crippen LogP contribution in [0.1, 0.15) is 25.7 Å². The van der Waals surface area contributed by atoms with Crippen molar-refractivity contribution in [2.45, 2.75) is 25.7 Å². The van der Waals surface area contributed by atoms with Gasteiger partial charge in [0.05, 0.1) is 6.54 Å². The number of hydrogen-bond donors (Lipinski definition) is 3. The van der Waals surface area contributed by atoms with E-state index in [1.54, 1.807) is 29.2 Å². The molecule has 0 aromatic heterocycles. The van der Waals surface area contributed by atoms with Gasteiger partial charge in [-0.3, -0.25) is 9.59 Å². The molecule has 7 nitrogen and oxygen atoms in total. The average Bonchev–Trinajstić information content (AvgIpc) is 2.66. The standard InChI is InChI=1S/C15H20N4O3/c16-15(22)18-12-7-5-11(6-8-12)17-13(20)10-19-9-3-1-2-4-14(19)21/h5-8H,1-4,9-10H2,(H,17,20)(H3,16,18,22). The lowest BCUT2D eigenvalue weighted by molar-refractivity contribution is -0.134. The molecular formula is C15H20N4O3. The Morgan fingerprint density at radius 3 is 2.32 bits per heavy atom. The highest BCUT2D eigenvalue weighted by Gasteiger charge is 2.19. The number of primary amides is 1. The maximum atomic E-state index is 12.0. The molecule has 1 aromatic carbocycles. The lowest BCUT2D eigenvalue weighted by Gasteiger charge is -2.19. The van der Waals surface area contributed by atoms with Crippen LogP contribution >= 0.6 is 0 Å². The van der Waals surface area contributed by atoms with Crippen LogP contribution in [-0.4, -0.2) is 35.8 Å². The molecule has 1 aromatic rings. The Labute approximate surface area is 128 Å². The summed E-state index contributed by atoms with van der Waals surface area (Å²) < 4.78 is 0. The van der Waals surface area contributed by atoms with E-state index >= 15 is 0 Å². The summed E-state index contributed by atoms with van der Waals surface area (Å²) in [5.41, 5.74) is 6.16. The number of nitrogens with zero attached hydrogens (tertiary/aromatic N) is 1. The van der Waals surface area contributed by atoms with Crippen molar-refractivity contribution in [3.05, 3.63) is 24.3 Å². The second kappa shape index (κ2) is 7.44. The number of carbonyl (C=O) groups excluding carboxylic acids is 3. The molecule has 1 aliphatic heterocycles. The first-order valence-corrected chi connectivity index (χ1v) is 7.29. The molecule has 1 saturated heterocycles. The Kier molecular flexibility index (Phi) is 5.35. The fourth-order valence-corrected chi connectivity index (χ4v) is 2.36. The molecule has 0 aliphatic carbocycles. The van der Waals surface area contributed by atoms with Gasteiger partial charge < -0.3 is 21.3 Å². The molecule has 4 amide bonds. The number of nitrogens with one attached hydrogen (secondary N) is 2. The molecule has 0 atom stereocenters. The van der Waals surface area contributed by atoms with Crippen molar-refractivity contribution in [3.63, 3.8) is 0 Å². The van der Waals surface area contributed by atoms with Gasteiger partial charge in [0.15, 0.2) is 0 Å². The normalized spacial score (nSPS) is 15.1. The van der Waals surface area contributed by atoms with Gasteiger partial charge in [0, 0.05) is 24.3 Å². The zero-order valence-corrected chi connectivity index (χ0v) is 12.3. The molecule has 4 N–H and O–H groups in total. The van der Waals surface area contributed by atoms with Crippen LogP contribution in [0.25, 0.3) is 0 Å². The van der Waals surface area contributed by atoms with Crippen LogP contribution < -0.4 is 16.4 Å². The summed E-state index contributed by atoms with van der Waals surface area (Å²) in [5, 5.41) is 5.17.